The van der Waals surface area contributed by atoms with Crippen molar-refractivity contribution >= 4 is 38.9 Å². The van der Waals surface area contributed by atoms with Crippen molar-refractivity contribution in [2.45, 2.75) is 46.1 Å². The van der Waals surface area contributed by atoms with Gasteiger partial charge in [-0.1, -0.05) is 15.9 Å². The third-order valence-corrected chi connectivity index (χ3v) is 5.42. The number of carbonyl (C=O) groups excluding carboxylic acids is 2. The summed E-state index contributed by atoms with van der Waals surface area (Å²) in [5.41, 5.74) is 1.09. The maximum Gasteiger partial charge on any atom is 0.407 e. The monoisotopic (exact) mass is 450 g/mol. The van der Waals surface area contributed by atoms with Crippen LogP contribution in [0, 0.1) is 12.8 Å². The molecule has 0 saturated carbocycles. The van der Waals surface area contributed by atoms with Crippen LogP contribution in [-0.2, 0) is 4.74 Å². The predicted octanol–water partition coefficient (Wildman–Crippen LogP) is 4.88. The molecule has 1 aromatic carbocycles. The fourth-order valence-corrected chi connectivity index (χ4v) is 3.78. The van der Waals surface area contributed by atoms with E-state index in [4.69, 9.17) is 9.15 Å². The summed E-state index contributed by atoms with van der Waals surface area (Å²) < 4.78 is 12.1. The Labute approximate surface area is 173 Å². The van der Waals surface area contributed by atoms with Crippen molar-refractivity contribution in [3.63, 3.8) is 0 Å². The van der Waals surface area contributed by atoms with Gasteiger partial charge in [0.1, 0.15) is 11.2 Å². The van der Waals surface area contributed by atoms with Gasteiger partial charge in [-0.25, -0.2) is 4.79 Å². The Morgan fingerprint density at radius 1 is 1.29 bits per heavy atom. The number of piperidine rings is 1. The molecular weight excluding hydrogens is 424 g/mol. The van der Waals surface area contributed by atoms with Gasteiger partial charge in [-0.05, 0) is 64.7 Å². The predicted molar refractivity (Wildman–Crippen MR) is 112 cm³/mol. The summed E-state index contributed by atoms with van der Waals surface area (Å²) >= 11 is 3.46. The fraction of sp³-hybridized carbons (Fsp3) is 0.524. The lowest BCUT2D eigenvalue weighted by molar-refractivity contribution is 0.0497. The van der Waals surface area contributed by atoms with Crippen molar-refractivity contribution in [2.24, 2.45) is 5.92 Å². The summed E-state index contributed by atoms with van der Waals surface area (Å²) in [7, 11) is 0. The molecule has 0 unspecified atom stereocenters. The molecular formula is C21H27BrN2O4. The number of carbonyl (C=O) groups is 2. The van der Waals surface area contributed by atoms with Crippen LogP contribution in [0.25, 0.3) is 11.0 Å². The maximum absolute atomic E-state index is 12.9. The number of hydrogen-bond donors (Lipinski definition) is 1. The lowest BCUT2D eigenvalue weighted by Crippen LogP contribution is -2.42. The number of nitrogens with one attached hydrogen (secondary N) is 1. The van der Waals surface area contributed by atoms with Crippen molar-refractivity contribution in [3.05, 3.63) is 34.0 Å². The highest BCUT2D eigenvalue weighted by atomic mass is 79.9. The van der Waals surface area contributed by atoms with Gasteiger partial charge in [-0.2, -0.15) is 0 Å². The van der Waals surface area contributed by atoms with Gasteiger partial charge in [-0.3, -0.25) is 4.79 Å². The zero-order valence-electron chi connectivity index (χ0n) is 16.8. The van der Waals surface area contributed by atoms with Crippen molar-refractivity contribution in [1.82, 2.24) is 10.2 Å². The quantitative estimate of drug-likeness (QED) is 0.722. The highest BCUT2D eigenvalue weighted by molar-refractivity contribution is 9.10. The minimum atomic E-state index is -0.500. The molecule has 3 rings (SSSR count). The van der Waals surface area contributed by atoms with E-state index >= 15 is 0 Å². The lowest BCUT2D eigenvalue weighted by Gasteiger charge is -2.31. The molecule has 1 aliphatic rings. The highest BCUT2D eigenvalue weighted by Gasteiger charge is 2.28. The van der Waals surface area contributed by atoms with E-state index < -0.39 is 11.7 Å². The van der Waals surface area contributed by atoms with E-state index in [1.165, 1.54) is 0 Å². The molecule has 7 heteroatoms. The van der Waals surface area contributed by atoms with Crippen LogP contribution in [0.4, 0.5) is 4.79 Å². The molecule has 1 aliphatic heterocycles. The van der Waals surface area contributed by atoms with E-state index in [0.717, 1.165) is 33.8 Å². The smallest absolute Gasteiger partial charge is 0.407 e. The molecule has 2 amide bonds. The summed E-state index contributed by atoms with van der Waals surface area (Å²) in [5, 5.41) is 3.78. The zero-order valence-corrected chi connectivity index (χ0v) is 18.4. The number of nitrogens with zero attached hydrogens (tertiary/aromatic N) is 1. The Bertz CT molecular complexity index is 876. The molecule has 28 heavy (non-hydrogen) atoms. The number of likely N-dealkylation sites (tertiary alicyclic amines) is 1. The SMILES string of the molecule is Cc1c(C(=O)N2CCC(CNC(=O)OC(C)(C)C)CC2)oc2ccc(Br)cc12. The topological polar surface area (TPSA) is 71.8 Å². The van der Waals surface area contributed by atoms with Gasteiger partial charge in [0.2, 0.25) is 0 Å². The summed E-state index contributed by atoms with van der Waals surface area (Å²) in [6.07, 6.45) is 1.29. The number of halogens is 1. The third kappa shape index (κ3) is 4.87. The van der Waals surface area contributed by atoms with Gasteiger partial charge < -0.3 is 19.4 Å². The first-order valence-electron chi connectivity index (χ1n) is 9.59. The number of rotatable bonds is 3. The second kappa shape index (κ2) is 8.15. The van der Waals surface area contributed by atoms with Gasteiger partial charge in [-0.15, -0.1) is 0 Å². The number of benzene rings is 1. The average Bonchev–Trinajstić information content (AvgIpc) is 2.95. The molecule has 0 aliphatic carbocycles. The van der Waals surface area contributed by atoms with Gasteiger partial charge in [0.25, 0.3) is 5.91 Å². The normalized spacial score (nSPS) is 15.7. The van der Waals surface area contributed by atoms with Crippen LogP contribution in [-0.4, -0.2) is 42.1 Å². The Kier molecular flexibility index (Phi) is 6.03. The number of furan rings is 1. The van der Waals surface area contributed by atoms with Crippen LogP contribution >= 0.6 is 15.9 Å². The number of fused-ring (bicyclic) bond motifs is 1. The molecule has 2 aromatic rings. The van der Waals surface area contributed by atoms with E-state index in [0.29, 0.717) is 31.3 Å². The van der Waals surface area contributed by atoms with E-state index in [2.05, 4.69) is 21.2 Å². The van der Waals surface area contributed by atoms with Crippen molar-refractivity contribution in [1.29, 1.82) is 0 Å². The number of aryl methyl sites for hydroxylation is 1. The Balaban J connectivity index is 1.56. The van der Waals surface area contributed by atoms with Crippen LogP contribution in [0.1, 0.15) is 49.7 Å². The summed E-state index contributed by atoms with van der Waals surface area (Å²) in [4.78, 5) is 26.6. The van der Waals surface area contributed by atoms with Gasteiger partial charge >= 0.3 is 6.09 Å². The van der Waals surface area contributed by atoms with Gasteiger partial charge in [0.15, 0.2) is 5.76 Å². The number of amides is 2. The van der Waals surface area contributed by atoms with Crippen LogP contribution in [0.15, 0.2) is 27.1 Å². The first-order valence-corrected chi connectivity index (χ1v) is 10.4. The molecule has 0 atom stereocenters. The third-order valence-electron chi connectivity index (χ3n) is 4.93. The lowest BCUT2D eigenvalue weighted by atomic mass is 9.96. The summed E-state index contributed by atoms with van der Waals surface area (Å²) in [6.45, 7) is 9.32. The molecule has 1 N–H and O–H groups in total. The van der Waals surface area contributed by atoms with Crippen molar-refractivity contribution in [3.8, 4) is 0 Å². The number of ether oxygens (including phenoxy) is 1. The molecule has 1 saturated heterocycles. The second-order valence-corrected chi connectivity index (χ2v) is 9.23. The fourth-order valence-electron chi connectivity index (χ4n) is 3.42. The Morgan fingerprint density at radius 3 is 2.61 bits per heavy atom. The molecule has 1 fully saturated rings. The van der Waals surface area contributed by atoms with E-state index in [1.54, 1.807) is 0 Å². The molecule has 0 radical (unpaired) electrons. The standard InChI is InChI=1S/C21H27BrN2O4/c1-13-16-11-15(22)5-6-17(16)27-18(13)19(25)24-9-7-14(8-10-24)12-23-20(26)28-21(2,3)4/h5-6,11,14H,7-10,12H2,1-4H3,(H,23,26). The second-order valence-electron chi connectivity index (χ2n) is 8.32. The zero-order chi connectivity index (χ0) is 20.5. The Hall–Kier alpha value is -2.02. The Morgan fingerprint density at radius 2 is 1.96 bits per heavy atom. The molecule has 0 spiro atoms. The molecule has 2 heterocycles. The number of alkyl carbamates (subject to hydrolysis) is 1. The van der Waals surface area contributed by atoms with Crippen LogP contribution < -0.4 is 5.32 Å². The first kappa shape index (κ1) is 20.7. The molecule has 1 aromatic heterocycles. The van der Waals surface area contributed by atoms with Crippen LogP contribution in [0.5, 0.6) is 0 Å². The van der Waals surface area contributed by atoms with E-state index in [9.17, 15) is 9.59 Å². The van der Waals surface area contributed by atoms with Crippen molar-refractivity contribution in [2.75, 3.05) is 19.6 Å². The molecule has 152 valence electrons. The maximum atomic E-state index is 12.9. The average molecular weight is 451 g/mol. The van der Waals surface area contributed by atoms with Gasteiger partial charge in [0.05, 0.1) is 0 Å². The van der Waals surface area contributed by atoms with Crippen LogP contribution in [0.3, 0.4) is 0 Å². The minimum absolute atomic E-state index is 0.0663. The minimum Gasteiger partial charge on any atom is -0.451 e. The summed E-state index contributed by atoms with van der Waals surface area (Å²) in [5.74, 6) is 0.686. The molecule has 0 bridgehead atoms. The van der Waals surface area contributed by atoms with E-state index in [1.807, 2.05) is 50.8 Å². The van der Waals surface area contributed by atoms with Crippen molar-refractivity contribution < 1.29 is 18.7 Å². The summed E-state index contributed by atoms with van der Waals surface area (Å²) in [6, 6.07) is 5.75. The number of hydrogen-bond acceptors (Lipinski definition) is 4. The molecule has 6 nitrogen and oxygen atoms in total. The first-order chi connectivity index (χ1) is 13.1. The van der Waals surface area contributed by atoms with E-state index in [-0.39, 0.29) is 5.91 Å². The van der Waals surface area contributed by atoms with Crippen LogP contribution in [0.2, 0.25) is 0 Å². The largest absolute Gasteiger partial charge is 0.451 e. The highest BCUT2D eigenvalue weighted by Crippen LogP contribution is 2.29. The van der Waals surface area contributed by atoms with Gasteiger partial charge in [0, 0.05) is 35.1 Å².